The first-order valence-electron chi connectivity index (χ1n) is 10.9. The fourth-order valence-electron chi connectivity index (χ4n) is 3.90. The molecule has 11 heteroatoms. The number of phenols is 1. The average molecular weight is 497 g/mol. The molecule has 11 nitrogen and oxygen atoms in total. The van der Waals surface area contributed by atoms with Crippen molar-refractivity contribution < 1.29 is 24.5 Å². The minimum atomic E-state index is -1.12. The molecule has 0 aliphatic rings. The van der Waals surface area contributed by atoms with Gasteiger partial charge in [-0.1, -0.05) is 24.3 Å². The third-order valence-electron chi connectivity index (χ3n) is 5.70. The van der Waals surface area contributed by atoms with Crippen molar-refractivity contribution in [3.63, 3.8) is 0 Å². The van der Waals surface area contributed by atoms with Gasteiger partial charge in [-0.15, -0.1) is 10.2 Å². The molecule has 0 atom stereocenters. The van der Waals surface area contributed by atoms with Crippen LogP contribution in [0.25, 0.3) is 21.8 Å². The molecule has 1 aromatic heterocycles. The molecular formula is C26H19N5O6. The van der Waals surface area contributed by atoms with Gasteiger partial charge in [-0.2, -0.15) is 0 Å². The van der Waals surface area contributed by atoms with Gasteiger partial charge in [-0.3, -0.25) is 4.79 Å². The van der Waals surface area contributed by atoms with Crippen molar-refractivity contribution in [2.45, 2.75) is 0 Å². The first-order valence-corrected chi connectivity index (χ1v) is 10.9. The lowest BCUT2D eigenvalue weighted by Crippen LogP contribution is -2.12. The van der Waals surface area contributed by atoms with Gasteiger partial charge in [0.25, 0.3) is 5.91 Å². The molecule has 0 aliphatic heterocycles. The zero-order valence-corrected chi connectivity index (χ0v) is 19.3. The predicted molar refractivity (Wildman–Crippen MR) is 137 cm³/mol. The van der Waals surface area contributed by atoms with Crippen molar-refractivity contribution >= 4 is 50.7 Å². The highest BCUT2D eigenvalue weighted by Crippen LogP contribution is 2.40. The second kappa shape index (κ2) is 9.30. The quantitative estimate of drug-likeness (QED) is 0.205. The van der Waals surface area contributed by atoms with Gasteiger partial charge in [0, 0.05) is 11.1 Å². The average Bonchev–Trinajstić information content (AvgIpc) is 3.26. The van der Waals surface area contributed by atoms with Crippen LogP contribution in [0.1, 0.15) is 20.7 Å². The van der Waals surface area contributed by atoms with Crippen LogP contribution in [0, 0.1) is 0 Å². The van der Waals surface area contributed by atoms with Crippen LogP contribution in [-0.2, 0) is 0 Å². The number of aromatic carboxylic acids is 1. The van der Waals surface area contributed by atoms with Crippen LogP contribution in [0.4, 0.5) is 17.1 Å². The number of nitrogens with zero attached hydrogens (tertiary/aromatic N) is 2. The van der Waals surface area contributed by atoms with E-state index in [-0.39, 0.29) is 33.9 Å². The molecule has 37 heavy (non-hydrogen) atoms. The Labute approximate surface area is 208 Å². The number of aromatic hydroxyl groups is 1. The SMILES string of the molecule is COc1cc(C(=O)O)ccc1N=Nc1c(O)c(C(=O)Nc2ccc3[nH]c(=O)[nH]c3c2)cc2ccccc12. The van der Waals surface area contributed by atoms with E-state index in [1.807, 2.05) is 0 Å². The van der Waals surface area contributed by atoms with Crippen molar-refractivity contribution in [1.29, 1.82) is 0 Å². The summed E-state index contributed by atoms with van der Waals surface area (Å²) >= 11 is 0. The zero-order valence-electron chi connectivity index (χ0n) is 19.3. The summed E-state index contributed by atoms with van der Waals surface area (Å²) in [6, 6.07) is 17.5. The molecule has 0 saturated carbocycles. The standard InChI is InChI=1S/C26H19N5O6/c1-37-21-11-14(25(34)35)6-8-19(21)30-31-22-16-5-3-2-4-13(16)10-17(23(22)32)24(33)27-15-7-9-18-20(12-15)29-26(36)28-18/h2-12,32H,1H3,(H,27,33)(H,34,35)(H2,28,29,36). The van der Waals surface area contributed by atoms with E-state index in [1.165, 1.54) is 31.4 Å². The van der Waals surface area contributed by atoms with Gasteiger partial charge in [-0.05, 0) is 47.9 Å². The maximum absolute atomic E-state index is 13.1. The number of carboxylic acid groups (broad SMARTS) is 1. The largest absolute Gasteiger partial charge is 0.505 e. The van der Waals surface area contributed by atoms with Crippen molar-refractivity contribution in [2.75, 3.05) is 12.4 Å². The van der Waals surface area contributed by atoms with E-state index in [0.717, 1.165) is 0 Å². The number of hydrogen-bond donors (Lipinski definition) is 5. The Bertz CT molecular complexity index is 1790. The van der Waals surface area contributed by atoms with E-state index in [0.29, 0.717) is 27.5 Å². The van der Waals surface area contributed by atoms with Crippen molar-refractivity contribution in [3.8, 4) is 11.5 Å². The number of carbonyl (C=O) groups excluding carboxylic acids is 1. The number of nitrogens with one attached hydrogen (secondary N) is 3. The molecule has 5 aromatic rings. The van der Waals surface area contributed by atoms with Crippen molar-refractivity contribution in [2.24, 2.45) is 10.2 Å². The summed E-state index contributed by atoms with van der Waals surface area (Å²) in [7, 11) is 1.37. The predicted octanol–water partition coefficient (Wildman–Crippen LogP) is 5.09. The number of benzene rings is 4. The Balaban J connectivity index is 1.54. The van der Waals surface area contributed by atoms with E-state index in [4.69, 9.17) is 4.74 Å². The number of anilines is 1. The summed E-state index contributed by atoms with van der Waals surface area (Å²) in [4.78, 5) is 41.2. The third-order valence-corrected chi connectivity index (χ3v) is 5.70. The summed E-state index contributed by atoms with van der Waals surface area (Å²) in [5, 5.41) is 32.5. The van der Waals surface area contributed by atoms with Crippen LogP contribution in [0.5, 0.6) is 11.5 Å². The Morgan fingerprint density at radius 2 is 1.73 bits per heavy atom. The molecule has 0 aliphatic carbocycles. The number of carbonyl (C=O) groups is 2. The number of H-pyrrole nitrogens is 2. The molecule has 0 spiro atoms. The van der Waals surface area contributed by atoms with Gasteiger partial charge in [0.05, 0.1) is 29.3 Å². The number of imidazole rings is 1. The van der Waals surface area contributed by atoms with E-state index in [1.54, 1.807) is 42.5 Å². The van der Waals surface area contributed by atoms with Gasteiger partial charge < -0.3 is 30.2 Å². The molecule has 0 saturated heterocycles. The van der Waals surface area contributed by atoms with Gasteiger partial charge in [-0.25, -0.2) is 9.59 Å². The smallest absolute Gasteiger partial charge is 0.335 e. The molecule has 0 unspecified atom stereocenters. The number of aromatic amines is 2. The maximum Gasteiger partial charge on any atom is 0.335 e. The van der Waals surface area contributed by atoms with Gasteiger partial charge >= 0.3 is 11.7 Å². The summed E-state index contributed by atoms with van der Waals surface area (Å²) in [5.74, 6) is -1.93. The first-order chi connectivity index (χ1) is 17.8. The molecule has 0 radical (unpaired) electrons. The lowest BCUT2D eigenvalue weighted by atomic mass is 10.0. The number of azo groups is 1. The number of amides is 1. The second-order valence-electron chi connectivity index (χ2n) is 8.03. The van der Waals surface area contributed by atoms with Crippen LogP contribution >= 0.6 is 0 Å². The van der Waals surface area contributed by atoms with E-state index >= 15 is 0 Å². The lowest BCUT2D eigenvalue weighted by Gasteiger charge is -2.11. The summed E-state index contributed by atoms with van der Waals surface area (Å²) < 4.78 is 5.23. The summed E-state index contributed by atoms with van der Waals surface area (Å²) in [6.45, 7) is 0. The highest BCUT2D eigenvalue weighted by molar-refractivity contribution is 6.12. The molecule has 5 rings (SSSR count). The Morgan fingerprint density at radius 3 is 2.51 bits per heavy atom. The lowest BCUT2D eigenvalue weighted by molar-refractivity contribution is 0.0696. The zero-order chi connectivity index (χ0) is 26.1. The monoisotopic (exact) mass is 497 g/mol. The molecule has 0 fully saturated rings. The van der Waals surface area contributed by atoms with Crippen molar-refractivity contribution in [3.05, 3.63) is 88.3 Å². The van der Waals surface area contributed by atoms with Gasteiger partial charge in [0.15, 0.2) is 5.75 Å². The molecule has 4 aromatic carbocycles. The minimum Gasteiger partial charge on any atom is -0.505 e. The topological polar surface area (TPSA) is 169 Å². The summed E-state index contributed by atoms with van der Waals surface area (Å²) in [5.41, 5.74) is 1.42. The van der Waals surface area contributed by atoms with Crippen LogP contribution in [0.15, 0.2) is 81.8 Å². The number of carboxylic acids is 1. The molecule has 1 amide bonds. The van der Waals surface area contributed by atoms with Crippen LogP contribution < -0.4 is 15.7 Å². The highest BCUT2D eigenvalue weighted by Gasteiger charge is 2.19. The first kappa shape index (κ1) is 23.3. The maximum atomic E-state index is 13.1. The van der Waals surface area contributed by atoms with Gasteiger partial charge in [0.2, 0.25) is 0 Å². The number of aromatic nitrogens is 2. The Hall–Kier alpha value is -5.45. The number of fused-ring (bicyclic) bond motifs is 2. The molecule has 184 valence electrons. The van der Waals surface area contributed by atoms with Crippen LogP contribution in [0.2, 0.25) is 0 Å². The summed E-state index contributed by atoms with van der Waals surface area (Å²) in [6.07, 6.45) is 0. The molecule has 0 bridgehead atoms. The van der Waals surface area contributed by atoms with Crippen molar-refractivity contribution in [1.82, 2.24) is 9.97 Å². The van der Waals surface area contributed by atoms with E-state index < -0.39 is 17.6 Å². The highest BCUT2D eigenvalue weighted by atomic mass is 16.5. The Kier molecular flexibility index (Phi) is 5.86. The Morgan fingerprint density at radius 1 is 0.946 bits per heavy atom. The second-order valence-corrected chi connectivity index (χ2v) is 8.03. The number of phenolic OH excluding ortho intramolecular Hbond substituents is 1. The molecular weight excluding hydrogens is 478 g/mol. The number of methoxy groups -OCH3 is 1. The fraction of sp³-hybridized carbons (Fsp3) is 0.0385. The number of ether oxygens (including phenoxy) is 1. The third kappa shape index (κ3) is 4.48. The van der Waals surface area contributed by atoms with E-state index in [9.17, 15) is 24.6 Å². The number of rotatable bonds is 6. The van der Waals surface area contributed by atoms with E-state index in [2.05, 4.69) is 25.5 Å². The van der Waals surface area contributed by atoms with Gasteiger partial charge in [0.1, 0.15) is 17.1 Å². The minimum absolute atomic E-state index is 0.0182. The van der Waals surface area contributed by atoms with Crippen LogP contribution in [-0.4, -0.2) is 39.2 Å². The number of hydrogen-bond acceptors (Lipinski definition) is 7. The fourth-order valence-corrected chi connectivity index (χ4v) is 3.90. The normalized spacial score (nSPS) is 11.3. The van der Waals surface area contributed by atoms with Crippen LogP contribution in [0.3, 0.4) is 0 Å². The molecule has 5 N–H and O–H groups in total. The molecule has 1 heterocycles.